The molecule has 2 rings (SSSR count). The highest BCUT2D eigenvalue weighted by molar-refractivity contribution is 6.31. The molecule has 1 unspecified atom stereocenters. The third-order valence-corrected chi connectivity index (χ3v) is 2.46. The second kappa shape index (κ2) is 4.11. The molecule has 1 aliphatic rings. The Labute approximate surface area is 87.2 Å². The van der Waals surface area contributed by atoms with E-state index in [9.17, 15) is 0 Å². The lowest BCUT2D eigenvalue weighted by atomic mass is 10.2. The van der Waals surface area contributed by atoms with E-state index in [4.69, 9.17) is 21.1 Å². The van der Waals surface area contributed by atoms with Crippen molar-refractivity contribution in [3.63, 3.8) is 0 Å². The second-order valence-electron chi connectivity index (χ2n) is 3.13. The van der Waals surface area contributed by atoms with Gasteiger partial charge in [-0.15, -0.1) is 10.2 Å². The van der Waals surface area contributed by atoms with Crippen molar-refractivity contribution in [3.05, 3.63) is 16.8 Å². The van der Waals surface area contributed by atoms with Crippen LogP contribution in [0.3, 0.4) is 0 Å². The first-order valence-corrected chi connectivity index (χ1v) is 4.88. The largest absolute Gasteiger partial charge is 0.479 e. The average Bonchev–Trinajstić information content (AvgIpc) is 2.70. The predicted octanol–water partition coefficient (Wildman–Crippen LogP) is 1.99. The molecule has 0 amide bonds. The van der Waals surface area contributed by atoms with E-state index in [1.165, 1.54) is 7.11 Å². The quantitative estimate of drug-likeness (QED) is 0.755. The first kappa shape index (κ1) is 9.68. The van der Waals surface area contributed by atoms with Gasteiger partial charge in [0.1, 0.15) is 11.1 Å². The number of hydrogen-bond donors (Lipinski definition) is 0. The number of hydrogen-bond acceptors (Lipinski definition) is 4. The van der Waals surface area contributed by atoms with Crippen molar-refractivity contribution in [2.75, 3.05) is 13.7 Å². The standard InChI is InChI=1S/C9H11ClN2O2/c1-13-9-6(10)5-7(11-12-9)8-3-2-4-14-8/h5,8H,2-4H2,1H3. The molecule has 0 spiro atoms. The molecule has 0 saturated carbocycles. The Bertz CT molecular complexity index is 327. The van der Waals surface area contributed by atoms with Crippen LogP contribution < -0.4 is 4.74 Å². The fraction of sp³-hybridized carbons (Fsp3) is 0.556. The summed E-state index contributed by atoms with van der Waals surface area (Å²) in [6, 6.07) is 1.75. The van der Waals surface area contributed by atoms with Gasteiger partial charge in [-0.2, -0.15) is 0 Å². The van der Waals surface area contributed by atoms with Gasteiger partial charge < -0.3 is 9.47 Å². The molecule has 14 heavy (non-hydrogen) atoms. The molecule has 1 atom stereocenters. The minimum absolute atomic E-state index is 0.0471. The number of ether oxygens (including phenoxy) is 2. The van der Waals surface area contributed by atoms with Crippen molar-refractivity contribution in [1.29, 1.82) is 0 Å². The summed E-state index contributed by atoms with van der Waals surface area (Å²) in [7, 11) is 1.52. The first-order chi connectivity index (χ1) is 6.81. The monoisotopic (exact) mass is 214 g/mol. The van der Waals surface area contributed by atoms with Gasteiger partial charge in [-0.05, 0) is 18.9 Å². The van der Waals surface area contributed by atoms with Crippen LogP contribution >= 0.6 is 11.6 Å². The Morgan fingerprint density at radius 3 is 3.00 bits per heavy atom. The van der Waals surface area contributed by atoms with Crippen molar-refractivity contribution >= 4 is 11.6 Å². The molecule has 1 aromatic rings. The fourth-order valence-electron chi connectivity index (χ4n) is 1.48. The summed E-state index contributed by atoms with van der Waals surface area (Å²) in [6.45, 7) is 0.788. The van der Waals surface area contributed by atoms with E-state index in [0.29, 0.717) is 10.9 Å². The lowest BCUT2D eigenvalue weighted by molar-refractivity contribution is 0.107. The molecule has 1 aromatic heterocycles. The number of nitrogens with zero attached hydrogens (tertiary/aromatic N) is 2. The summed E-state index contributed by atoms with van der Waals surface area (Å²) < 4.78 is 10.4. The molecular weight excluding hydrogens is 204 g/mol. The summed E-state index contributed by atoms with van der Waals surface area (Å²) in [5, 5.41) is 8.34. The van der Waals surface area contributed by atoms with Crippen molar-refractivity contribution in [2.24, 2.45) is 0 Å². The Balaban J connectivity index is 2.23. The van der Waals surface area contributed by atoms with E-state index in [-0.39, 0.29) is 6.10 Å². The highest BCUT2D eigenvalue weighted by Gasteiger charge is 2.20. The third kappa shape index (κ3) is 1.81. The van der Waals surface area contributed by atoms with Gasteiger partial charge in [-0.3, -0.25) is 0 Å². The molecule has 0 aromatic carbocycles. The molecule has 1 fully saturated rings. The number of methoxy groups -OCH3 is 1. The van der Waals surface area contributed by atoms with Crippen molar-refractivity contribution in [3.8, 4) is 5.88 Å². The smallest absolute Gasteiger partial charge is 0.252 e. The van der Waals surface area contributed by atoms with Crippen LogP contribution in [0.1, 0.15) is 24.6 Å². The molecule has 4 nitrogen and oxygen atoms in total. The Kier molecular flexibility index (Phi) is 2.84. The fourth-order valence-corrected chi connectivity index (χ4v) is 1.70. The van der Waals surface area contributed by atoms with E-state index < -0.39 is 0 Å². The summed E-state index contributed by atoms with van der Waals surface area (Å²) in [6.07, 6.45) is 2.10. The van der Waals surface area contributed by atoms with Crippen LogP contribution in [-0.4, -0.2) is 23.9 Å². The highest BCUT2D eigenvalue weighted by Crippen LogP contribution is 2.30. The lowest BCUT2D eigenvalue weighted by Gasteiger charge is -2.08. The van der Waals surface area contributed by atoms with Gasteiger partial charge in [0.2, 0.25) is 0 Å². The highest BCUT2D eigenvalue weighted by atomic mass is 35.5. The molecule has 5 heteroatoms. The van der Waals surface area contributed by atoms with Crippen LogP contribution in [0.5, 0.6) is 5.88 Å². The topological polar surface area (TPSA) is 44.2 Å². The maximum atomic E-state index is 5.92. The molecule has 76 valence electrons. The van der Waals surface area contributed by atoms with E-state index in [0.717, 1.165) is 25.1 Å². The van der Waals surface area contributed by atoms with Crippen molar-refractivity contribution < 1.29 is 9.47 Å². The van der Waals surface area contributed by atoms with Crippen molar-refractivity contribution in [1.82, 2.24) is 10.2 Å². The summed E-state index contributed by atoms with van der Waals surface area (Å²) in [5.74, 6) is 0.355. The molecular formula is C9H11ClN2O2. The Hall–Kier alpha value is -0.870. The van der Waals surface area contributed by atoms with Gasteiger partial charge in [0.15, 0.2) is 0 Å². The van der Waals surface area contributed by atoms with Crippen LogP contribution in [0, 0.1) is 0 Å². The van der Waals surface area contributed by atoms with Crippen LogP contribution in [0.15, 0.2) is 6.07 Å². The van der Waals surface area contributed by atoms with Crippen LogP contribution in [0.2, 0.25) is 5.02 Å². The Morgan fingerprint density at radius 2 is 2.43 bits per heavy atom. The predicted molar refractivity (Wildman–Crippen MR) is 51.5 cm³/mol. The zero-order valence-corrected chi connectivity index (χ0v) is 8.62. The van der Waals surface area contributed by atoms with Gasteiger partial charge in [-0.1, -0.05) is 11.6 Å². The van der Waals surface area contributed by atoms with Crippen LogP contribution in [-0.2, 0) is 4.74 Å². The zero-order valence-electron chi connectivity index (χ0n) is 7.86. The average molecular weight is 215 g/mol. The van der Waals surface area contributed by atoms with Gasteiger partial charge in [0.25, 0.3) is 5.88 Å². The molecule has 0 radical (unpaired) electrons. The van der Waals surface area contributed by atoms with E-state index in [1.54, 1.807) is 6.07 Å². The molecule has 1 aliphatic heterocycles. The van der Waals surface area contributed by atoms with Crippen LogP contribution in [0.25, 0.3) is 0 Å². The molecule has 1 saturated heterocycles. The molecule has 0 aliphatic carbocycles. The second-order valence-corrected chi connectivity index (χ2v) is 3.54. The van der Waals surface area contributed by atoms with Gasteiger partial charge in [0, 0.05) is 6.61 Å². The van der Waals surface area contributed by atoms with Crippen LogP contribution in [0.4, 0.5) is 0 Å². The zero-order chi connectivity index (χ0) is 9.97. The minimum Gasteiger partial charge on any atom is -0.479 e. The maximum absolute atomic E-state index is 5.92. The normalized spacial score (nSPS) is 21.1. The summed E-state index contributed by atoms with van der Waals surface area (Å²) in [4.78, 5) is 0. The first-order valence-electron chi connectivity index (χ1n) is 4.50. The summed E-state index contributed by atoms with van der Waals surface area (Å²) >= 11 is 5.92. The third-order valence-electron chi connectivity index (χ3n) is 2.19. The van der Waals surface area contributed by atoms with Crippen molar-refractivity contribution in [2.45, 2.75) is 18.9 Å². The van der Waals surface area contributed by atoms with Gasteiger partial charge in [0.05, 0.1) is 12.8 Å². The maximum Gasteiger partial charge on any atom is 0.252 e. The van der Waals surface area contributed by atoms with Gasteiger partial charge >= 0.3 is 0 Å². The molecule has 0 bridgehead atoms. The lowest BCUT2D eigenvalue weighted by Crippen LogP contribution is -2.02. The van der Waals surface area contributed by atoms with E-state index in [2.05, 4.69) is 10.2 Å². The Morgan fingerprint density at radius 1 is 1.57 bits per heavy atom. The number of aromatic nitrogens is 2. The summed E-state index contributed by atoms with van der Waals surface area (Å²) in [5.41, 5.74) is 0.785. The van der Waals surface area contributed by atoms with E-state index in [1.807, 2.05) is 0 Å². The molecule has 2 heterocycles. The van der Waals surface area contributed by atoms with E-state index >= 15 is 0 Å². The number of halogens is 1. The molecule has 0 N–H and O–H groups in total. The van der Waals surface area contributed by atoms with Gasteiger partial charge in [-0.25, -0.2) is 0 Å². The number of rotatable bonds is 2. The minimum atomic E-state index is 0.0471. The SMILES string of the molecule is COc1nnc(C2CCCO2)cc1Cl.